The van der Waals surface area contributed by atoms with Crippen LogP contribution >= 0.6 is 0 Å². The molecule has 5 nitrogen and oxygen atoms in total. The Morgan fingerprint density at radius 2 is 1.76 bits per heavy atom. The summed E-state index contributed by atoms with van der Waals surface area (Å²) in [6.45, 7) is 0.689. The first-order chi connectivity index (χ1) is 12.2. The summed E-state index contributed by atoms with van der Waals surface area (Å²) in [7, 11) is 0. The van der Waals surface area contributed by atoms with Gasteiger partial charge in [0, 0.05) is 18.2 Å². The average molecular weight is 339 g/mol. The van der Waals surface area contributed by atoms with Crippen molar-refractivity contribution in [2.24, 2.45) is 5.92 Å². The van der Waals surface area contributed by atoms with Gasteiger partial charge in [0.1, 0.15) is 6.04 Å². The molecule has 2 aliphatic rings. The molecule has 3 rings (SSSR count). The number of nitriles is 1. The van der Waals surface area contributed by atoms with Gasteiger partial charge in [-0.25, -0.2) is 0 Å². The first-order valence-corrected chi connectivity index (χ1v) is 9.26. The third kappa shape index (κ3) is 4.19. The molecule has 1 heterocycles. The van der Waals surface area contributed by atoms with E-state index in [9.17, 15) is 9.59 Å². The highest BCUT2D eigenvalue weighted by atomic mass is 16.2. The molecule has 0 radical (unpaired) electrons. The van der Waals surface area contributed by atoms with Crippen LogP contribution in [0.25, 0.3) is 0 Å². The fourth-order valence-corrected chi connectivity index (χ4v) is 3.90. The Hall–Kier alpha value is -2.35. The van der Waals surface area contributed by atoms with Gasteiger partial charge in [-0.05, 0) is 49.8 Å². The van der Waals surface area contributed by atoms with E-state index >= 15 is 0 Å². The molecule has 1 aliphatic carbocycles. The van der Waals surface area contributed by atoms with Crippen molar-refractivity contribution in [2.75, 3.05) is 11.9 Å². The highest BCUT2D eigenvalue weighted by Gasteiger charge is 2.36. The van der Waals surface area contributed by atoms with Crippen LogP contribution in [0.3, 0.4) is 0 Å². The Morgan fingerprint density at radius 1 is 1.08 bits per heavy atom. The maximum atomic E-state index is 12.8. The van der Waals surface area contributed by atoms with Crippen molar-refractivity contribution in [3.8, 4) is 6.07 Å². The molecule has 5 heteroatoms. The Morgan fingerprint density at radius 3 is 2.44 bits per heavy atom. The molecule has 25 heavy (non-hydrogen) atoms. The standard InChI is InChI=1S/C20H25N3O2/c21-13-12-15-8-10-17(11-9-15)22-19(24)18-7-3-4-14-23(18)20(25)16-5-1-2-6-16/h8-11,16,18H,1-7,12,14H2,(H,22,24)/t18-/m1/s1. The fourth-order valence-electron chi connectivity index (χ4n) is 3.90. The lowest BCUT2D eigenvalue weighted by Gasteiger charge is -2.36. The predicted octanol–water partition coefficient (Wildman–Crippen LogP) is 3.26. The smallest absolute Gasteiger partial charge is 0.247 e. The van der Waals surface area contributed by atoms with Gasteiger partial charge in [0.05, 0.1) is 12.5 Å². The number of likely N-dealkylation sites (tertiary alicyclic amines) is 1. The number of piperidine rings is 1. The summed E-state index contributed by atoms with van der Waals surface area (Å²) in [5.74, 6) is 0.180. The van der Waals surface area contributed by atoms with Crippen molar-refractivity contribution in [1.82, 2.24) is 4.90 Å². The van der Waals surface area contributed by atoms with Gasteiger partial charge < -0.3 is 10.2 Å². The zero-order valence-electron chi connectivity index (χ0n) is 14.5. The third-order valence-corrected chi connectivity index (χ3v) is 5.30. The number of amides is 2. The van der Waals surface area contributed by atoms with Crippen molar-refractivity contribution in [3.05, 3.63) is 29.8 Å². The third-order valence-electron chi connectivity index (χ3n) is 5.30. The van der Waals surface area contributed by atoms with Crippen molar-refractivity contribution < 1.29 is 9.59 Å². The summed E-state index contributed by atoms with van der Waals surface area (Å²) in [4.78, 5) is 27.4. The Kier molecular flexibility index (Phi) is 5.70. The summed E-state index contributed by atoms with van der Waals surface area (Å²) < 4.78 is 0. The summed E-state index contributed by atoms with van der Waals surface area (Å²) in [5, 5.41) is 11.7. The number of anilines is 1. The number of rotatable bonds is 4. The molecule has 2 fully saturated rings. The average Bonchev–Trinajstić information content (AvgIpc) is 3.17. The molecule has 0 spiro atoms. The van der Waals surface area contributed by atoms with Crippen molar-refractivity contribution >= 4 is 17.5 Å². The molecule has 0 aromatic heterocycles. The SMILES string of the molecule is N#CCc1ccc(NC(=O)[C@H]2CCCCN2C(=O)C2CCCC2)cc1. The summed E-state index contributed by atoms with van der Waals surface area (Å²) in [6.07, 6.45) is 7.22. The maximum Gasteiger partial charge on any atom is 0.247 e. The molecule has 1 aromatic rings. The second-order valence-electron chi connectivity index (χ2n) is 7.05. The van der Waals surface area contributed by atoms with Gasteiger partial charge in [0.15, 0.2) is 0 Å². The van der Waals surface area contributed by atoms with Crippen LogP contribution in [0.2, 0.25) is 0 Å². The van der Waals surface area contributed by atoms with Gasteiger partial charge >= 0.3 is 0 Å². The van der Waals surface area contributed by atoms with Gasteiger partial charge in [-0.2, -0.15) is 5.26 Å². The van der Waals surface area contributed by atoms with E-state index in [1.165, 1.54) is 0 Å². The van der Waals surface area contributed by atoms with Gasteiger partial charge in [-0.1, -0.05) is 25.0 Å². The molecule has 1 aliphatic heterocycles. The first-order valence-electron chi connectivity index (χ1n) is 9.26. The summed E-state index contributed by atoms with van der Waals surface area (Å²) >= 11 is 0. The van der Waals surface area contributed by atoms with E-state index in [0.717, 1.165) is 50.5 Å². The van der Waals surface area contributed by atoms with Crippen LogP contribution in [-0.2, 0) is 16.0 Å². The first kappa shape index (κ1) is 17.5. The lowest BCUT2D eigenvalue weighted by molar-refractivity contribution is -0.143. The van der Waals surface area contributed by atoms with E-state index in [1.54, 1.807) is 0 Å². The van der Waals surface area contributed by atoms with Crippen LogP contribution in [0, 0.1) is 17.2 Å². The van der Waals surface area contributed by atoms with Crippen LogP contribution in [0.1, 0.15) is 50.5 Å². The Bertz CT molecular complexity index is 657. The van der Waals surface area contributed by atoms with Crippen molar-refractivity contribution in [3.63, 3.8) is 0 Å². The molecule has 0 bridgehead atoms. The van der Waals surface area contributed by atoms with E-state index in [2.05, 4.69) is 11.4 Å². The second-order valence-corrected chi connectivity index (χ2v) is 7.05. The minimum Gasteiger partial charge on any atom is -0.330 e. The van der Waals surface area contributed by atoms with Crippen LogP contribution in [0.5, 0.6) is 0 Å². The Balaban J connectivity index is 1.66. The molecule has 132 valence electrons. The number of nitrogens with zero attached hydrogens (tertiary/aromatic N) is 2. The molecule has 1 saturated carbocycles. The van der Waals surface area contributed by atoms with E-state index in [1.807, 2.05) is 29.2 Å². The molecule has 2 amide bonds. The normalized spacial score (nSPS) is 20.9. The van der Waals surface area contributed by atoms with Gasteiger partial charge in [-0.15, -0.1) is 0 Å². The van der Waals surface area contributed by atoms with Crippen LogP contribution in [0.15, 0.2) is 24.3 Å². The molecule has 1 saturated heterocycles. The molecular formula is C20H25N3O2. The van der Waals surface area contributed by atoms with Gasteiger partial charge in [0.25, 0.3) is 0 Å². The number of hydrogen-bond donors (Lipinski definition) is 1. The van der Waals surface area contributed by atoms with Crippen LogP contribution in [0.4, 0.5) is 5.69 Å². The van der Waals surface area contributed by atoms with E-state index in [0.29, 0.717) is 18.7 Å². The van der Waals surface area contributed by atoms with E-state index in [4.69, 9.17) is 5.26 Å². The number of carbonyl (C=O) groups is 2. The zero-order chi connectivity index (χ0) is 17.6. The van der Waals surface area contributed by atoms with Crippen molar-refractivity contribution in [2.45, 2.75) is 57.4 Å². The van der Waals surface area contributed by atoms with Gasteiger partial charge in [0.2, 0.25) is 11.8 Å². The molecule has 0 unspecified atom stereocenters. The zero-order valence-corrected chi connectivity index (χ0v) is 14.5. The monoisotopic (exact) mass is 339 g/mol. The fraction of sp³-hybridized carbons (Fsp3) is 0.550. The summed E-state index contributed by atoms with van der Waals surface area (Å²) in [6, 6.07) is 9.08. The number of nitrogens with one attached hydrogen (secondary N) is 1. The lowest BCUT2D eigenvalue weighted by Crippen LogP contribution is -2.51. The highest BCUT2D eigenvalue weighted by Crippen LogP contribution is 2.29. The minimum absolute atomic E-state index is 0.0981. The van der Waals surface area contributed by atoms with E-state index < -0.39 is 0 Å². The second kappa shape index (κ2) is 8.15. The summed E-state index contributed by atoms with van der Waals surface area (Å²) in [5.41, 5.74) is 1.64. The van der Waals surface area contributed by atoms with Crippen molar-refractivity contribution in [1.29, 1.82) is 5.26 Å². The van der Waals surface area contributed by atoms with Crippen LogP contribution in [-0.4, -0.2) is 29.3 Å². The highest BCUT2D eigenvalue weighted by molar-refractivity contribution is 5.97. The number of hydrogen-bond acceptors (Lipinski definition) is 3. The Labute approximate surface area is 149 Å². The molecule has 1 N–H and O–H groups in total. The quantitative estimate of drug-likeness (QED) is 0.915. The molecule has 1 aromatic carbocycles. The van der Waals surface area contributed by atoms with Gasteiger partial charge in [-0.3, -0.25) is 9.59 Å². The molecule has 1 atom stereocenters. The minimum atomic E-state index is -0.361. The van der Waals surface area contributed by atoms with E-state index in [-0.39, 0.29) is 23.8 Å². The number of benzene rings is 1. The maximum absolute atomic E-state index is 12.8. The number of carbonyl (C=O) groups excluding carboxylic acids is 2. The molecular weight excluding hydrogens is 314 g/mol. The largest absolute Gasteiger partial charge is 0.330 e. The topological polar surface area (TPSA) is 73.2 Å². The predicted molar refractivity (Wildman–Crippen MR) is 95.7 cm³/mol. The lowest BCUT2D eigenvalue weighted by atomic mass is 9.97. The van der Waals surface area contributed by atoms with Crippen LogP contribution < -0.4 is 5.32 Å².